The highest BCUT2D eigenvalue weighted by Gasteiger charge is 2.11. The van der Waals surface area contributed by atoms with Crippen molar-refractivity contribution in [2.45, 2.75) is 24.3 Å². The Balaban J connectivity index is 1.89. The minimum absolute atomic E-state index is 0.501. The number of hydrogen-bond acceptors (Lipinski definition) is 3. The van der Waals surface area contributed by atoms with Crippen LogP contribution < -0.4 is 5.32 Å². The third-order valence-corrected chi connectivity index (χ3v) is 6.13. The van der Waals surface area contributed by atoms with Crippen LogP contribution in [0.3, 0.4) is 0 Å². The second-order valence-electron chi connectivity index (χ2n) is 4.51. The average molecular weight is 356 g/mol. The lowest BCUT2D eigenvalue weighted by Gasteiger charge is -2.15. The van der Waals surface area contributed by atoms with Crippen LogP contribution >= 0.6 is 39.0 Å². The van der Waals surface area contributed by atoms with E-state index >= 15 is 0 Å². The van der Waals surface area contributed by atoms with Gasteiger partial charge in [0.15, 0.2) is 0 Å². The van der Waals surface area contributed by atoms with Crippen molar-refractivity contribution in [1.29, 1.82) is 0 Å². The molecule has 0 amide bonds. The van der Waals surface area contributed by atoms with E-state index in [9.17, 15) is 0 Å². The molecule has 1 N–H and O–H groups in total. The summed E-state index contributed by atoms with van der Waals surface area (Å²) in [5, 5.41) is 5.55. The Labute approximate surface area is 131 Å². The Morgan fingerprint density at radius 3 is 2.58 bits per heavy atom. The zero-order valence-electron chi connectivity index (χ0n) is 11.2. The fourth-order valence-electron chi connectivity index (χ4n) is 1.77. The topological polar surface area (TPSA) is 12.0 Å². The predicted molar refractivity (Wildman–Crippen MR) is 90.5 cm³/mol. The van der Waals surface area contributed by atoms with Crippen LogP contribution in [0.15, 0.2) is 45.1 Å². The third-order valence-electron chi connectivity index (χ3n) is 3.00. The molecule has 1 nitrogen and oxygen atoms in total. The van der Waals surface area contributed by atoms with Crippen molar-refractivity contribution in [2.75, 3.05) is 12.8 Å². The van der Waals surface area contributed by atoms with Crippen LogP contribution in [0.5, 0.6) is 0 Å². The molecule has 102 valence electrons. The van der Waals surface area contributed by atoms with E-state index in [1.807, 2.05) is 30.1 Å². The van der Waals surface area contributed by atoms with Crippen LogP contribution in [0.4, 0.5) is 0 Å². The lowest BCUT2D eigenvalue weighted by atomic mass is 10.2. The first-order valence-corrected chi connectivity index (χ1v) is 8.93. The molecule has 0 spiro atoms. The number of rotatable bonds is 6. The van der Waals surface area contributed by atoms with Gasteiger partial charge in [-0.2, -0.15) is 0 Å². The standard InChI is InChI=1S/C15H18BrNS2/c1-11-3-5-13(6-4-11)19-10-12(17-2)9-15-14(16)7-8-18-15/h3-8,12,17H,9-10H2,1-2H3. The molecule has 2 aromatic rings. The second-order valence-corrected chi connectivity index (χ2v) is 7.45. The van der Waals surface area contributed by atoms with Gasteiger partial charge in [0.25, 0.3) is 0 Å². The molecule has 0 radical (unpaired) electrons. The van der Waals surface area contributed by atoms with Crippen LogP contribution in [0.25, 0.3) is 0 Å². The Bertz CT molecular complexity index is 507. The molecule has 0 aliphatic rings. The van der Waals surface area contributed by atoms with Crippen LogP contribution in [0, 0.1) is 6.92 Å². The minimum atomic E-state index is 0.501. The van der Waals surface area contributed by atoms with E-state index in [-0.39, 0.29) is 0 Å². The predicted octanol–water partition coefficient (Wildman–Crippen LogP) is 4.74. The summed E-state index contributed by atoms with van der Waals surface area (Å²) < 4.78 is 1.23. The normalized spacial score (nSPS) is 12.6. The van der Waals surface area contributed by atoms with Gasteiger partial charge in [-0.15, -0.1) is 23.1 Å². The molecule has 1 aromatic carbocycles. The molecule has 1 unspecified atom stereocenters. The van der Waals surface area contributed by atoms with Crippen molar-refractivity contribution in [3.8, 4) is 0 Å². The Morgan fingerprint density at radius 1 is 1.26 bits per heavy atom. The second kappa shape index (κ2) is 7.48. The molecule has 1 heterocycles. The summed E-state index contributed by atoms with van der Waals surface area (Å²) in [6.45, 7) is 2.12. The smallest absolute Gasteiger partial charge is 0.0314 e. The van der Waals surface area contributed by atoms with Gasteiger partial charge in [0, 0.05) is 26.0 Å². The van der Waals surface area contributed by atoms with Crippen molar-refractivity contribution in [1.82, 2.24) is 5.32 Å². The van der Waals surface area contributed by atoms with Gasteiger partial charge in [-0.05, 0) is 59.9 Å². The molecule has 4 heteroatoms. The van der Waals surface area contributed by atoms with E-state index in [1.54, 1.807) is 0 Å². The maximum absolute atomic E-state index is 3.60. The minimum Gasteiger partial charge on any atom is -0.316 e. The summed E-state index contributed by atoms with van der Waals surface area (Å²) in [5.74, 6) is 1.09. The van der Waals surface area contributed by atoms with E-state index < -0.39 is 0 Å². The van der Waals surface area contributed by atoms with Gasteiger partial charge in [0.05, 0.1) is 0 Å². The Hall–Kier alpha value is -0.290. The molecular weight excluding hydrogens is 338 g/mol. The zero-order valence-corrected chi connectivity index (χ0v) is 14.4. The number of thioether (sulfide) groups is 1. The van der Waals surface area contributed by atoms with Gasteiger partial charge in [-0.3, -0.25) is 0 Å². The maximum atomic E-state index is 3.60. The van der Waals surface area contributed by atoms with Crippen molar-refractivity contribution >= 4 is 39.0 Å². The summed E-state index contributed by atoms with van der Waals surface area (Å²) in [7, 11) is 2.04. The van der Waals surface area contributed by atoms with Gasteiger partial charge in [0.2, 0.25) is 0 Å². The number of likely N-dealkylation sites (N-methyl/N-ethyl adjacent to an activating group) is 1. The first-order valence-electron chi connectivity index (χ1n) is 6.27. The molecule has 1 atom stereocenters. The molecule has 19 heavy (non-hydrogen) atoms. The SMILES string of the molecule is CNC(CSc1ccc(C)cc1)Cc1sccc1Br. The van der Waals surface area contributed by atoms with E-state index in [0.717, 1.165) is 12.2 Å². The van der Waals surface area contributed by atoms with Gasteiger partial charge in [-0.1, -0.05) is 17.7 Å². The fraction of sp³-hybridized carbons (Fsp3) is 0.333. The van der Waals surface area contributed by atoms with Crippen LogP contribution in [-0.4, -0.2) is 18.8 Å². The Kier molecular flexibility index (Phi) is 5.95. The molecular formula is C15H18BrNS2. The molecule has 1 aromatic heterocycles. The molecule has 0 bridgehead atoms. The van der Waals surface area contributed by atoms with Crippen molar-refractivity contribution in [2.24, 2.45) is 0 Å². The van der Waals surface area contributed by atoms with E-state index in [1.165, 1.54) is 19.8 Å². The lowest BCUT2D eigenvalue weighted by molar-refractivity contribution is 0.621. The number of hydrogen-bond donors (Lipinski definition) is 1. The number of halogens is 1. The van der Waals surface area contributed by atoms with Crippen molar-refractivity contribution < 1.29 is 0 Å². The summed E-state index contributed by atoms with van der Waals surface area (Å²) in [6.07, 6.45) is 1.08. The summed E-state index contributed by atoms with van der Waals surface area (Å²) in [4.78, 5) is 2.76. The Morgan fingerprint density at radius 2 is 2.00 bits per heavy atom. The number of thiophene rings is 1. The first-order chi connectivity index (χ1) is 9.19. The molecule has 0 aliphatic heterocycles. The molecule has 2 rings (SSSR count). The van der Waals surface area contributed by atoms with Gasteiger partial charge < -0.3 is 5.32 Å². The number of benzene rings is 1. The quantitative estimate of drug-likeness (QED) is 0.750. The van der Waals surface area contributed by atoms with Crippen molar-refractivity contribution in [3.63, 3.8) is 0 Å². The highest BCUT2D eigenvalue weighted by atomic mass is 79.9. The third kappa shape index (κ3) is 4.63. The largest absolute Gasteiger partial charge is 0.316 e. The highest BCUT2D eigenvalue weighted by molar-refractivity contribution is 9.10. The number of nitrogens with one attached hydrogen (secondary N) is 1. The van der Waals surface area contributed by atoms with Gasteiger partial charge in [0.1, 0.15) is 0 Å². The van der Waals surface area contributed by atoms with E-state index in [0.29, 0.717) is 6.04 Å². The average Bonchev–Trinajstić information content (AvgIpc) is 2.82. The van der Waals surface area contributed by atoms with Crippen LogP contribution in [-0.2, 0) is 6.42 Å². The van der Waals surface area contributed by atoms with Crippen molar-refractivity contribution in [3.05, 3.63) is 50.6 Å². The molecule has 0 saturated heterocycles. The zero-order chi connectivity index (χ0) is 13.7. The highest BCUT2D eigenvalue weighted by Crippen LogP contribution is 2.26. The van der Waals surface area contributed by atoms with Crippen LogP contribution in [0.2, 0.25) is 0 Å². The summed E-state index contributed by atoms with van der Waals surface area (Å²) >= 11 is 7.34. The maximum Gasteiger partial charge on any atom is 0.0314 e. The summed E-state index contributed by atoms with van der Waals surface area (Å²) in [5.41, 5.74) is 1.32. The monoisotopic (exact) mass is 355 g/mol. The van der Waals surface area contributed by atoms with E-state index in [4.69, 9.17) is 0 Å². The van der Waals surface area contributed by atoms with Gasteiger partial charge in [-0.25, -0.2) is 0 Å². The first kappa shape index (κ1) is 15.1. The summed E-state index contributed by atoms with van der Waals surface area (Å²) in [6, 6.07) is 11.4. The fourth-order valence-corrected chi connectivity index (χ4v) is 4.37. The lowest BCUT2D eigenvalue weighted by Crippen LogP contribution is -2.29. The number of aryl methyl sites for hydroxylation is 1. The molecule has 0 aliphatic carbocycles. The van der Waals surface area contributed by atoms with Crippen LogP contribution in [0.1, 0.15) is 10.4 Å². The molecule has 0 saturated carbocycles. The van der Waals surface area contributed by atoms with Gasteiger partial charge >= 0.3 is 0 Å². The van der Waals surface area contributed by atoms with E-state index in [2.05, 4.69) is 63.9 Å². The molecule has 0 fully saturated rings.